The van der Waals surface area contributed by atoms with Crippen LogP contribution in [0.3, 0.4) is 0 Å². The SMILES string of the molecule is NC[C@H](NCC1CCC1)C(=O)Nc1ccc(N2CCOCC2=O)cc1OC(F)F. The lowest BCUT2D eigenvalue weighted by atomic mass is 9.85. The van der Waals surface area contributed by atoms with Crippen LogP contribution in [0.25, 0.3) is 0 Å². The Hall–Kier alpha value is -2.30. The molecule has 10 heteroatoms. The molecule has 2 aliphatic rings. The molecule has 1 aliphatic carbocycles. The second kappa shape index (κ2) is 9.95. The van der Waals surface area contributed by atoms with Crippen LogP contribution in [0.5, 0.6) is 5.75 Å². The van der Waals surface area contributed by atoms with Crippen molar-refractivity contribution in [3.8, 4) is 5.75 Å². The molecule has 1 heterocycles. The molecular weight excluding hydrogens is 386 g/mol. The number of nitrogens with two attached hydrogens (primary N) is 1. The van der Waals surface area contributed by atoms with Crippen molar-refractivity contribution >= 4 is 23.2 Å². The normalized spacial score (nSPS) is 18.5. The molecule has 1 aromatic rings. The van der Waals surface area contributed by atoms with Crippen LogP contribution in [0.2, 0.25) is 0 Å². The lowest BCUT2D eigenvalue weighted by Gasteiger charge is -2.28. The fourth-order valence-electron chi connectivity index (χ4n) is 3.28. The lowest BCUT2D eigenvalue weighted by Crippen LogP contribution is -2.48. The first-order valence-electron chi connectivity index (χ1n) is 9.69. The number of anilines is 2. The predicted molar refractivity (Wildman–Crippen MR) is 103 cm³/mol. The number of morpholine rings is 1. The molecular formula is C19H26F2N4O4. The van der Waals surface area contributed by atoms with E-state index in [1.54, 1.807) is 6.07 Å². The minimum atomic E-state index is -3.08. The largest absolute Gasteiger partial charge is 0.433 e. The smallest absolute Gasteiger partial charge is 0.387 e. The Bertz CT molecular complexity index is 730. The van der Waals surface area contributed by atoms with E-state index in [1.165, 1.54) is 23.5 Å². The van der Waals surface area contributed by atoms with Crippen molar-refractivity contribution < 1.29 is 27.8 Å². The summed E-state index contributed by atoms with van der Waals surface area (Å²) in [6.45, 7) is -1.74. The van der Waals surface area contributed by atoms with Crippen molar-refractivity contribution in [1.82, 2.24) is 5.32 Å². The molecule has 0 unspecified atom stereocenters. The van der Waals surface area contributed by atoms with E-state index in [0.717, 1.165) is 12.8 Å². The van der Waals surface area contributed by atoms with Crippen molar-refractivity contribution in [1.29, 1.82) is 0 Å². The Morgan fingerprint density at radius 1 is 1.38 bits per heavy atom. The number of alkyl halides is 2. The number of carbonyl (C=O) groups excluding carboxylic acids is 2. The number of benzene rings is 1. The standard InChI is InChI=1S/C19H26F2N4O4/c20-19(21)29-16-8-13(25-6-7-28-11-17(25)26)4-5-14(16)24-18(27)15(9-22)23-10-12-2-1-3-12/h4-5,8,12,15,19,23H,1-3,6-7,9-11,22H2,(H,24,27)/t15-/m0/s1. The van der Waals surface area contributed by atoms with Crippen LogP contribution in [0, 0.1) is 5.92 Å². The molecule has 0 bridgehead atoms. The minimum absolute atomic E-state index is 0.0734. The van der Waals surface area contributed by atoms with E-state index in [0.29, 0.717) is 31.3 Å². The fraction of sp³-hybridized carbons (Fsp3) is 0.579. The van der Waals surface area contributed by atoms with E-state index in [9.17, 15) is 18.4 Å². The van der Waals surface area contributed by atoms with Crippen molar-refractivity contribution in [2.75, 3.05) is 43.1 Å². The van der Waals surface area contributed by atoms with Gasteiger partial charge in [0.1, 0.15) is 6.61 Å². The molecule has 0 spiro atoms. The number of amides is 2. The summed E-state index contributed by atoms with van der Waals surface area (Å²) in [7, 11) is 0. The summed E-state index contributed by atoms with van der Waals surface area (Å²) in [5.74, 6) is -0.389. The van der Waals surface area contributed by atoms with E-state index in [-0.39, 0.29) is 30.5 Å². The number of rotatable bonds is 9. The van der Waals surface area contributed by atoms with Gasteiger partial charge in [0, 0.05) is 24.8 Å². The topological polar surface area (TPSA) is 106 Å². The first-order valence-corrected chi connectivity index (χ1v) is 9.69. The van der Waals surface area contributed by atoms with Crippen molar-refractivity contribution in [2.24, 2.45) is 11.7 Å². The van der Waals surface area contributed by atoms with Gasteiger partial charge in [-0.05, 0) is 37.4 Å². The average Bonchev–Trinajstić information content (AvgIpc) is 2.65. The summed E-state index contributed by atoms with van der Waals surface area (Å²) in [5, 5.41) is 5.73. The van der Waals surface area contributed by atoms with Gasteiger partial charge in [0.25, 0.3) is 5.91 Å². The van der Waals surface area contributed by atoms with E-state index in [2.05, 4.69) is 15.4 Å². The highest BCUT2D eigenvalue weighted by Gasteiger charge is 2.25. The Morgan fingerprint density at radius 2 is 2.17 bits per heavy atom. The van der Waals surface area contributed by atoms with Gasteiger partial charge in [0.15, 0.2) is 5.75 Å². The van der Waals surface area contributed by atoms with Crippen molar-refractivity contribution in [3.63, 3.8) is 0 Å². The summed E-state index contributed by atoms with van der Waals surface area (Å²) in [5.41, 5.74) is 6.18. The van der Waals surface area contributed by atoms with Crippen LogP contribution in [0.1, 0.15) is 19.3 Å². The monoisotopic (exact) mass is 412 g/mol. The quantitative estimate of drug-likeness (QED) is 0.565. The first-order chi connectivity index (χ1) is 14.0. The minimum Gasteiger partial charge on any atom is -0.433 e. The fourth-order valence-corrected chi connectivity index (χ4v) is 3.28. The Labute approximate surface area is 167 Å². The molecule has 4 N–H and O–H groups in total. The van der Waals surface area contributed by atoms with Gasteiger partial charge in [0.05, 0.1) is 18.3 Å². The second-order valence-electron chi connectivity index (χ2n) is 7.14. The van der Waals surface area contributed by atoms with Crippen LogP contribution in [0.15, 0.2) is 18.2 Å². The summed E-state index contributed by atoms with van der Waals surface area (Å²) in [6, 6.07) is 3.67. The molecule has 29 heavy (non-hydrogen) atoms. The average molecular weight is 412 g/mol. The highest BCUT2D eigenvalue weighted by Crippen LogP contribution is 2.32. The molecule has 0 radical (unpaired) electrons. The Balaban J connectivity index is 1.72. The molecule has 1 saturated carbocycles. The van der Waals surface area contributed by atoms with Crippen LogP contribution in [0.4, 0.5) is 20.2 Å². The Morgan fingerprint density at radius 3 is 2.79 bits per heavy atom. The third-order valence-electron chi connectivity index (χ3n) is 5.17. The molecule has 1 atom stereocenters. The number of hydrogen-bond donors (Lipinski definition) is 3. The van der Waals surface area contributed by atoms with Gasteiger partial charge in [0.2, 0.25) is 5.91 Å². The zero-order chi connectivity index (χ0) is 20.8. The van der Waals surface area contributed by atoms with Gasteiger partial charge >= 0.3 is 6.61 Å². The summed E-state index contributed by atoms with van der Waals surface area (Å²) < 4.78 is 35.5. The first kappa shape index (κ1) is 21.4. The maximum atomic E-state index is 12.9. The third kappa shape index (κ3) is 5.62. The molecule has 160 valence electrons. The van der Waals surface area contributed by atoms with Crippen LogP contribution >= 0.6 is 0 Å². The number of halogens is 2. The molecule has 1 aromatic carbocycles. The molecule has 1 aliphatic heterocycles. The third-order valence-corrected chi connectivity index (χ3v) is 5.17. The van der Waals surface area contributed by atoms with E-state index < -0.39 is 18.6 Å². The maximum Gasteiger partial charge on any atom is 0.387 e. The van der Waals surface area contributed by atoms with E-state index in [4.69, 9.17) is 10.5 Å². The number of nitrogens with zero attached hydrogens (tertiary/aromatic N) is 1. The lowest BCUT2D eigenvalue weighted by molar-refractivity contribution is -0.125. The van der Waals surface area contributed by atoms with Crippen LogP contribution in [-0.4, -0.2) is 57.3 Å². The van der Waals surface area contributed by atoms with Crippen LogP contribution in [-0.2, 0) is 14.3 Å². The molecule has 0 aromatic heterocycles. The predicted octanol–water partition coefficient (Wildman–Crippen LogP) is 1.31. The van der Waals surface area contributed by atoms with Gasteiger partial charge in [-0.3, -0.25) is 9.59 Å². The molecule has 8 nitrogen and oxygen atoms in total. The maximum absolute atomic E-state index is 12.9. The molecule has 1 saturated heterocycles. The van der Waals surface area contributed by atoms with Crippen molar-refractivity contribution in [3.05, 3.63) is 18.2 Å². The van der Waals surface area contributed by atoms with E-state index >= 15 is 0 Å². The summed E-state index contributed by atoms with van der Waals surface area (Å²) in [4.78, 5) is 26.0. The van der Waals surface area contributed by atoms with Gasteiger partial charge in [-0.2, -0.15) is 8.78 Å². The van der Waals surface area contributed by atoms with Gasteiger partial charge in [-0.25, -0.2) is 0 Å². The van der Waals surface area contributed by atoms with Crippen molar-refractivity contribution in [2.45, 2.75) is 31.9 Å². The van der Waals surface area contributed by atoms with E-state index in [1.807, 2.05) is 0 Å². The Kier molecular flexibility index (Phi) is 7.34. The number of hydrogen-bond acceptors (Lipinski definition) is 6. The van der Waals surface area contributed by atoms with Gasteiger partial charge in [-0.1, -0.05) is 6.42 Å². The number of nitrogens with one attached hydrogen (secondary N) is 2. The summed E-state index contributed by atoms with van der Waals surface area (Å²) in [6.07, 6.45) is 3.44. The number of ether oxygens (including phenoxy) is 2. The van der Waals surface area contributed by atoms with Gasteiger partial charge in [-0.15, -0.1) is 0 Å². The number of carbonyl (C=O) groups is 2. The molecule has 2 fully saturated rings. The molecule has 3 rings (SSSR count). The zero-order valence-corrected chi connectivity index (χ0v) is 16.0. The van der Waals surface area contributed by atoms with Crippen LogP contribution < -0.4 is 26.0 Å². The van der Waals surface area contributed by atoms with Gasteiger partial charge < -0.3 is 30.7 Å². The molecule has 2 amide bonds. The highest BCUT2D eigenvalue weighted by atomic mass is 19.3. The zero-order valence-electron chi connectivity index (χ0n) is 16.0. The highest BCUT2D eigenvalue weighted by molar-refractivity contribution is 5.98. The summed E-state index contributed by atoms with van der Waals surface area (Å²) >= 11 is 0. The second-order valence-corrected chi connectivity index (χ2v) is 7.14.